The predicted molar refractivity (Wildman–Crippen MR) is 53.4 cm³/mol. The van der Waals surface area contributed by atoms with Gasteiger partial charge in [-0.15, -0.1) is 0 Å². The van der Waals surface area contributed by atoms with Crippen molar-refractivity contribution >= 4 is 43.3 Å². The minimum Gasteiger partial charge on any atom is -0.397 e. The van der Waals surface area contributed by atoms with E-state index in [1.165, 1.54) is 6.07 Å². The minimum atomic E-state index is -4.26. The second kappa shape index (κ2) is 3.45. The summed E-state index contributed by atoms with van der Waals surface area (Å²) in [5.41, 5.74) is 5.45. The number of hydrogen-bond donors (Lipinski definition) is 2. The van der Waals surface area contributed by atoms with E-state index in [-0.39, 0.29) is 20.1 Å². The third-order valence-corrected chi connectivity index (χ3v) is 3.47. The first kappa shape index (κ1) is 10.8. The fraction of sp³-hybridized carbons (Fsp3) is 0. The van der Waals surface area contributed by atoms with Gasteiger partial charge in [0.25, 0.3) is 10.1 Å². The zero-order chi connectivity index (χ0) is 10.2. The maximum absolute atomic E-state index is 10.7. The lowest BCUT2D eigenvalue weighted by molar-refractivity contribution is 0.482. The van der Waals surface area contributed by atoms with Crippen LogP contribution < -0.4 is 5.73 Å². The highest BCUT2D eigenvalue weighted by atomic mass is 79.9. The van der Waals surface area contributed by atoms with Gasteiger partial charge < -0.3 is 5.73 Å². The number of anilines is 1. The normalized spacial score (nSPS) is 11.6. The smallest absolute Gasteiger partial charge is 0.295 e. The summed E-state index contributed by atoms with van der Waals surface area (Å²) in [7, 11) is -4.26. The zero-order valence-corrected chi connectivity index (χ0v) is 9.32. The van der Waals surface area contributed by atoms with Crippen LogP contribution in [0, 0.1) is 0 Å². The zero-order valence-electron chi connectivity index (χ0n) is 6.16. The summed E-state index contributed by atoms with van der Waals surface area (Å²) in [4.78, 5) is -0.297. The monoisotopic (exact) mass is 285 g/mol. The van der Waals surface area contributed by atoms with Crippen LogP contribution in [0.1, 0.15) is 0 Å². The average molecular weight is 287 g/mol. The van der Waals surface area contributed by atoms with Crippen LogP contribution in [0.25, 0.3) is 0 Å². The lowest BCUT2D eigenvalue weighted by Crippen LogP contribution is -2.00. The molecule has 13 heavy (non-hydrogen) atoms. The van der Waals surface area contributed by atoms with E-state index < -0.39 is 10.1 Å². The number of benzene rings is 1. The second-order valence-corrected chi connectivity index (χ2v) is 4.93. The number of hydrogen-bond acceptors (Lipinski definition) is 3. The quantitative estimate of drug-likeness (QED) is 0.610. The van der Waals surface area contributed by atoms with Crippen molar-refractivity contribution in [3.63, 3.8) is 0 Å². The third kappa shape index (κ3) is 2.34. The second-order valence-electron chi connectivity index (χ2n) is 2.28. The molecule has 0 saturated heterocycles. The van der Waals surface area contributed by atoms with E-state index in [1.54, 1.807) is 0 Å². The lowest BCUT2D eigenvalue weighted by atomic mass is 10.3. The Kier molecular flexibility index (Phi) is 2.86. The largest absolute Gasteiger partial charge is 0.397 e. The molecule has 0 bridgehead atoms. The highest BCUT2D eigenvalue weighted by Crippen LogP contribution is 2.30. The summed E-state index contributed by atoms with van der Waals surface area (Å²) < 4.78 is 30.4. The molecule has 0 aliphatic carbocycles. The van der Waals surface area contributed by atoms with E-state index >= 15 is 0 Å². The molecule has 0 aromatic heterocycles. The van der Waals surface area contributed by atoms with Crippen LogP contribution in [0.2, 0.25) is 5.02 Å². The molecule has 1 rings (SSSR count). The molecule has 7 heteroatoms. The van der Waals surface area contributed by atoms with Crippen molar-refractivity contribution in [1.29, 1.82) is 0 Å². The van der Waals surface area contributed by atoms with Gasteiger partial charge in [-0.25, -0.2) is 0 Å². The van der Waals surface area contributed by atoms with Crippen molar-refractivity contribution in [2.75, 3.05) is 5.73 Å². The Morgan fingerprint density at radius 3 is 2.46 bits per heavy atom. The Labute approximate surface area is 88.6 Å². The molecule has 0 fully saturated rings. The molecule has 0 saturated carbocycles. The molecule has 0 amide bonds. The number of halogens is 2. The van der Waals surface area contributed by atoms with E-state index in [0.29, 0.717) is 0 Å². The van der Waals surface area contributed by atoms with E-state index in [1.807, 2.05) is 0 Å². The van der Waals surface area contributed by atoms with Crippen molar-refractivity contribution in [2.24, 2.45) is 0 Å². The Morgan fingerprint density at radius 2 is 2.00 bits per heavy atom. The molecule has 4 nitrogen and oxygen atoms in total. The number of nitrogens with two attached hydrogens (primary N) is 1. The molecule has 0 heterocycles. The van der Waals surface area contributed by atoms with Gasteiger partial charge in [0.15, 0.2) is 0 Å². The standard InChI is InChI=1S/C6H5BrClNO3S/c7-3-1-4(8)5(9)2-6(3)13(10,11)12/h1-2H,9H2,(H,10,11,12). The summed E-state index contributed by atoms with van der Waals surface area (Å²) >= 11 is 8.54. The molecule has 1 aromatic rings. The minimum absolute atomic E-state index is 0.0949. The maximum atomic E-state index is 10.7. The van der Waals surface area contributed by atoms with Gasteiger partial charge >= 0.3 is 0 Å². The Bertz CT molecular complexity index is 445. The lowest BCUT2D eigenvalue weighted by Gasteiger charge is -2.03. The van der Waals surface area contributed by atoms with Crippen molar-refractivity contribution < 1.29 is 13.0 Å². The molecular formula is C6H5BrClNO3S. The van der Waals surface area contributed by atoms with E-state index in [0.717, 1.165) is 6.07 Å². The van der Waals surface area contributed by atoms with Crippen LogP contribution in [0.5, 0.6) is 0 Å². The van der Waals surface area contributed by atoms with Crippen LogP contribution in [0.4, 0.5) is 5.69 Å². The van der Waals surface area contributed by atoms with Gasteiger partial charge in [-0.2, -0.15) is 8.42 Å². The van der Waals surface area contributed by atoms with Gasteiger partial charge in [-0.1, -0.05) is 11.6 Å². The summed E-state index contributed by atoms with van der Waals surface area (Å²) in [5.74, 6) is 0. The van der Waals surface area contributed by atoms with Crippen LogP contribution >= 0.6 is 27.5 Å². The number of rotatable bonds is 1. The van der Waals surface area contributed by atoms with Crippen LogP contribution in [0.15, 0.2) is 21.5 Å². The predicted octanol–water partition coefficient (Wildman–Crippen LogP) is 1.93. The molecule has 3 N–H and O–H groups in total. The van der Waals surface area contributed by atoms with Gasteiger partial charge in [0.05, 0.1) is 10.7 Å². The number of nitrogen functional groups attached to an aromatic ring is 1. The maximum Gasteiger partial charge on any atom is 0.295 e. The van der Waals surface area contributed by atoms with Gasteiger partial charge in [0.1, 0.15) is 4.90 Å². The highest BCUT2D eigenvalue weighted by Gasteiger charge is 2.15. The molecule has 0 spiro atoms. The molecular weight excluding hydrogens is 281 g/mol. The van der Waals surface area contributed by atoms with Gasteiger partial charge in [-0.05, 0) is 28.1 Å². The van der Waals surface area contributed by atoms with Gasteiger partial charge in [0.2, 0.25) is 0 Å². The average Bonchev–Trinajstić information content (AvgIpc) is 1.94. The van der Waals surface area contributed by atoms with E-state index in [9.17, 15) is 8.42 Å². The molecule has 72 valence electrons. The Balaban J connectivity index is 3.50. The van der Waals surface area contributed by atoms with Crippen LogP contribution in [-0.2, 0) is 10.1 Å². The van der Waals surface area contributed by atoms with E-state index in [4.69, 9.17) is 21.9 Å². The summed E-state index contributed by atoms with van der Waals surface area (Å²) in [6.45, 7) is 0. The molecule has 0 atom stereocenters. The summed E-state index contributed by atoms with van der Waals surface area (Å²) in [6.07, 6.45) is 0. The van der Waals surface area contributed by atoms with Gasteiger partial charge in [0, 0.05) is 4.47 Å². The molecule has 0 aliphatic heterocycles. The third-order valence-electron chi connectivity index (χ3n) is 1.33. The fourth-order valence-corrected chi connectivity index (χ4v) is 2.58. The molecule has 0 radical (unpaired) electrons. The first-order valence-electron chi connectivity index (χ1n) is 3.04. The first-order valence-corrected chi connectivity index (χ1v) is 5.65. The highest BCUT2D eigenvalue weighted by molar-refractivity contribution is 9.10. The Morgan fingerprint density at radius 1 is 1.46 bits per heavy atom. The van der Waals surface area contributed by atoms with Crippen molar-refractivity contribution in [3.8, 4) is 0 Å². The van der Waals surface area contributed by atoms with Crippen LogP contribution in [-0.4, -0.2) is 13.0 Å². The summed E-state index contributed by atoms with van der Waals surface area (Å²) in [5, 5.41) is 0.222. The van der Waals surface area contributed by atoms with Gasteiger partial charge in [-0.3, -0.25) is 4.55 Å². The van der Waals surface area contributed by atoms with E-state index in [2.05, 4.69) is 15.9 Å². The topological polar surface area (TPSA) is 80.4 Å². The Hall–Kier alpha value is -0.300. The van der Waals surface area contributed by atoms with Crippen molar-refractivity contribution in [2.45, 2.75) is 4.90 Å². The SMILES string of the molecule is Nc1cc(S(=O)(=O)O)c(Br)cc1Cl. The van der Waals surface area contributed by atoms with Crippen LogP contribution in [0.3, 0.4) is 0 Å². The van der Waals surface area contributed by atoms with Crippen molar-refractivity contribution in [3.05, 3.63) is 21.6 Å². The molecule has 0 aliphatic rings. The molecule has 1 aromatic carbocycles. The molecule has 0 unspecified atom stereocenters. The fourth-order valence-electron chi connectivity index (χ4n) is 0.743. The first-order chi connectivity index (χ1) is 5.82. The van der Waals surface area contributed by atoms with Crippen molar-refractivity contribution in [1.82, 2.24) is 0 Å². The summed E-state index contributed by atoms with van der Waals surface area (Å²) in [6, 6.07) is 2.39.